The highest BCUT2D eigenvalue weighted by molar-refractivity contribution is 5.93. The summed E-state index contributed by atoms with van der Waals surface area (Å²) < 4.78 is 0. The highest BCUT2D eigenvalue weighted by atomic mass is 16.2. The molecule has 6 heteroatoms. The number of anilines is 3. The van der Waals surface area contributed by atoms with Gasteiger partial charge in [0.15, 0.2) is 0 Å². The minimum atomic E-state index is -0.155. The quantitative estimate of drug-likeness (QED) is 0.815. The number of hydrogen-bond acceptors (Lipinski definition) is 3. The van der Waals surface area contributed by atoms with Gasteiger partial charge in [-0.25, -0.2) is 4.79 Å². The van der Waals surface area contributed by atoms with Crippen LogP contribution >= 0.6 is 0 Å². The van der Waals surface area contributed by atoms with Gasteiger partial charge in [-0.3, -0.25) is 4.79 Å². The first-order chi connectivity index (χ1) is 14.2. The largest absolute Gasteiger partial charge is 0.356 e. The summed E-state index contributed by atoms with van der Waals surface area (Å²) in [6.07, 6.45) is 3.86. The van der Waals surface area contributed by atoms with E-state index in [0.717, 1.165) is 62.4 Å². The van der Waals surface area contributed by atoms with Crippen LogP contribution in [0.1, 0.15) is 25.7 Å². The average Bonchev–Trinajstić information content (AvgIpc) is 3.30. The monoisotopic (exact) mass is 392 g/mol. The molecule has 2 aromatic carbocycles. The molecule has 1 atom stereocenters. The van der Waals surface area contributed by atoms with Gasteiger partial charge in [-0.2, -0.15) is 0 Å². The second-order valence-electron chi connectivity index (χ2n) is 7.82. The summed E-state index contributed by atoms with van der Waals surface area (Å²) in [5.74, 6) is -0.162. The van der Waals surface area contributed by atoms with Crippen LogP contribution in [0.5, 0.6) is 0 Å². The van der Waals surface area contributed by atoms with Gasteiger partial charge in [-0.15, -0.1) is 0 Å². The first-order valence-corrected chi connectivity index (χ1v) is 10.5. The van der Waals surface area contributed by atoms with E-state index in [-0.39, 0.29) is 17.9 Å². The number of benzene rings is 2. The fraction of sp³-hybridized carbons (Fsp3) is 0.391. The molecule has 2 heterocycles. The number of urea groups is 1. The van der Waals surface area contributed by atoms with Crippen molar-refractivity contribution in [1.29, 1.82) is 0 Å². The third-order valence-electron chi connectivity index (χ3n) is 5.65. The van der Waals surface area contributed by atoms with Gasteiger partial charge in [0, 0.05) is 43.2 Å². The predicted octanol–water partition coefficient (Wildman–Crippen LogP) is 4.30. The van der Waals surface area contributed by atoms with E-state index < -0.39 is 0 Å². The molecule has 0 aliphatic carbocycles. The predicted molar refractivity (Wildman–Crippen MR) is 115 cm³/mol. The van der Waals surface area contributed by atoms with Crippen LogP contribution in [-0.2, 0) is 4.79 Å². The molecular formula is C23H28N4O2. The summed E-state index contributed by atoms with van der Waals surface area (Å²) in [6, 6.07) is 17.8. The molecule has 2 saturated heterocycles. The van der Waals surface area contributed by atoms with Gasteiger partial charge in [0.2, 0.25) is 5.91 Å². The van der Waals surface area contributed by atoms with Crippen molar-refractivity contribution in [3.8, 4) is 0 Å². The lowest BCUT2D eigenvalue weighted by molar-refractivity contribution is -0.121. The van der Waals surface area contributed by atoms with Gasteiger partial charge >= 0.3 is 6.03 Å². The number of rotatable bonds is 4. The maximum atomic E-state index is 12.8. The van der Waals surface area contributed by atoms with E-state index in [1.54, 1.807) is 0 Å². The summed E-state index contributed by atoms with van der Waals surface area (Å²) in [4.78, 5) is 29.2. The van der Waals surface area contributed by atoms with E-state index in [0.29, 0.717) is 6.54 Å². The third kappa shape index (κ3) is 4.88. The lowest BCUT2D eigenvalue weighted by atomic mass is 9.97. The average molecular weight is 393 g/mol. The lowest BCUT2D eigenvalue weighted by Crippen LogP contribution is -2.48. The number of likely N-dealkylation sites (tertiary alicyclic amines) is 2. The number of amides is 3. The van der Waals surface area contributed by atoms with Crippen molar-refractivity contribution < 1.29 is 9.59 Å². The Morgan fingerprint density at radius 1 is 0.759 bits per heavy atom. The SMILES string of the molecule is O=C(Nc1ccc(Nc2ccccc2)cc1)[C@H]1CCCN(C(=O)N2CCCC2)C1. The van der Waals surface area contributed by atoms with Crippen LogP contribution in [0.15, 0.2) is 54.6 Å². The van der Waals surface area contributed by atoms with Crippen molar-refractivity contribution in [3.05, 3.63) is 54.6 Å². The molecule has 3 amide bonds. The fourth-order valence-corrected chi connectivity index (χ4v) is 4.04. The minimum absolute atomic E-state index is 0.00677. The number of carbonyl (C=O) groups excluding carboxylic acids is 2. The van der Waals surface area contributed by atoms with Gasteiger partial charge in [-0.05, 0) is 62.1 Å². The van der Waals surface area contributed by atoms with Gasteiger partial charge in [0.1, 0.15) is 0 Å². The van der Waals surface area contributed by atoms with Crippen molar-refractivity contribution in [1.82, 2.24) is 9.80 Å². The topological polar surface area (TPSA) is 64.7 Å². The van der Waals surface area contributed by atoms with E-state index in [9.17, 15) is 9.59 Å². The van der Waals surface area contributed by atoms with E-state index >= 15 is 0 Å². The Hall–Kier alpha value is -3.02. The first-order valence-electron chi connectivity index (χ1n) is 10.5. The van der Waals surface area contributed by atoms with Gasteiger partial charge in [-0.1, -0.05) is 18.2 Å². The molecule has 2 fully saturated rings. The Balaban J connectivity index is 1.32. The molecule has 2 aliphatic rings. The van der Waals surface area contributed by atoms with Crippen molar-refractivity contribution in [3.63, 3.8) is 0 Å². The molecule has 2 aliphatic heterocycles. The van der Waals surface area contributed by atoms with Crippen LogP contribution < -0.4 is 10.6 Å². The number of hydrogen-bond donors (Lipinski definition) is 2. The molecule has 0 saturated carbocycles. The van der Waals surface area contributed by atoms with Crippen molar-refractivity contribution >= 4 is 29.0 Å². The number of carbonyl (C=O) groups is 2. The highest BCUT2D eigenvalue weighted by Crippen LogP contribution is 2.23. The molecule has 152 valence electrons. The Morgan fingerprint density at radius 2 is 1.38 bits per heavy atom. The Labute approximate surface area is 171 Å². The van der Waals surface area contributed by atoms with E-state index in [2.05, 4.69) is 10.6 Å². The summed E-state index contributed by atoms with van der Waals surface area (Å²) in [6.45, 7) is 2.94. The molecule has 0 bridgehead atoms. The third-order valence-corrected chi connectivity index (χ3v) is 5.65. The summed E-state index contributed by atoms with van der Waals surface area (Å²) in [5.41, 5.74) is 2.76. The summed E-state index contributed by atoms with van der Waals surface area (Å²) in [5, 5.41) is 6.34. The lowest BCUT2D eigenvalue weighted by Gasteiger charge is -2.34. The number of nitrogens with one attached hydrogen (secondary N) is 2. The van der Waals surface area contributed by atoms with Gasteiger partial charge < -0.3 is 20.4 Å². The standard InChI is InChI=1S/C23H28N4O2/c28-22(18-7-6-16-27(17-18)23(29)26-14-4-5-15-26)25-21-12-10-20(11-13-21)24-19-8-2-1-3-9-19/h1-3,8-13,18,24H,4-7,14-17H2,(H,25,28)/t18-/m0/s1. The zero-order valence-corrected chi connectivity index (χ0v) is 16.6. The number of piperidine rings is 1. The van der Waals surface area contributed by atoms with Crippen LogP contribution in [0.25, 0.3) is 0 Å². The zero-order chi connectivity index (χ0) is 20.1. The second kappa shape index (κ2) is 8.99. The smallest absolute Gasteiger partial charge is 0.320 e. The Bertz CT molecular complexity index is 832. The first kappa shape index (κ1) is 19.3. The van der Waals surface area contributed by atoms with Crippen LogP contribution in [-0.4, -0.2) is 47.9 Å². The van der Waals surface area contributed by atoms with Gasteiger partial charge in [0.25, 0.3) is 0 Å². The molecule has 0 unspecified atom stereocenters. The molecule has 4 rings (SSSR count). The van der Waals surface area contributed by atoms with Crippen molar-refractivity contribution in [2.45, 2.75) is 25.7 Å². The molecule has 0 spiro atoms. The number of para-hydroxylation sites is 1. The van der Waals surface area contributed by atoms with Crippen LogP contribution in [0.4, 0.5) is 21.9 Å². The summed E-state index contributed by atoms with van der Waals surface area (Å²) >= 11 is 0. The Morgan fingerprint density at radius 3 is 2.10 bits per heavy atom. The normalized spacial score (nSPS) is 19.1. The molecule has 2 aromatic rings. The van der Waals surface area contributed by atoms with Crippen LogP contribution in [0.2, 0.25) is 0 Å². The fourth-order valence-electron chi connectivity index (χ4n) is 4.04. The highest BCUT2D eigenvalue weighted by Gasteiger charge is 2.31. The van der Waals surface area contributed by atoms with E-state index in [1.165, 1.54) is 0 Å². The molecule has 0 aromatic heterocycles. The Kier molecular flexibility index (Phi) is 5.98. The maximum absolute atomic E-state index is 12.8. The summed E-state index contributed by atoms with van der Waals surface area (Å²) in [7, 11) is 0. The minimum Gasteiger partial charge on any atom is -0.356 e. The molecule has 2 N–H and O–H groups in total. The van der Waals surface area contributed by atoms with Crippen LogP contribution in [0.3, 0.4) is 0 Å². The maximum Gasteiger partial charge on any atom is 0.320 e. The van der Waals surface area contributed by atoms with Crippen molar-refractivity contribution in [2.75, 3.05) is 36.8 Å². The molecule has 0 radical (unpaired) electrons. The van der Waals surface area contributed by atoms with E-state index in [4.69, 9.17) is 0 Å². The zero-order valence-electron chi connectivity index (χ0n) is 16.6. The van der Waals surface area contributed by atoms with Crippen LogP contribution in [0, 0.1) is 5.92 Å². The van der Waals surface area contributed by atoms with E-state index in [1.807, 2.05) is 64.4 Å². The van der Waals surface area contributed by atoms with Gasteiger partial charge in [0.05, 0.1) is 5.92 Å². The molecular weight excluding hydrogens is 364 g/mol. The molecule has 6 nitrogen and oxygen atoms in total. The number of nitrogens with zero attached hydrogens (tertiary/aromatic N) is 2. The molecule has 29 heavy (non-hydrogen) atoms. The second-order valence-corrected chi connectivity index (χ2v) is 7.82. The van der Waals surface area contributed by atoms with Crippen molar-refractivity contribution in [2.24, 2.45) is 5.92 Å².